The Labute approximate surface area is 155 Å². The second-order valence-corrected chi connectivity index (χ2v) is 6.10. The van der Waals surface area contributed by atoms with Crippen molar-refractivity contribution in [1.29, 1.82) is 0 Å². The lowest BCUT2D eigenvalue weighted by molar-refractivity contribution is 0.330. The topological polar surface area (TPSA) is 42.1 Å². The molecule has 1 aliphatic rings. The monoisotopic (exact) mass is 497 g/mol. The largest absolute Gasteiger partial charge is 0.330 e. The summed E-state index contributed by atoms with van der Waals surface area (Å²) in [7, 11) is 0. The Bertz CT molecular complexity index is 320. The summed E-state index contributed by atoms with van der Waals surface area (Å²) in [5, 5.41) is 3.46. The first-order chi connectivity index (χ1) is 7.88. The van der Waals surface area contributed by atoms with E-state index < -0.39 is 0 Å². The molecule has 1 aliphatic heterocycles. The van der Waals surface area contributed by atoms with Gasteiger partial charge in [0.05, 0.1) is 12.2 Å². The first-order valence-electron chi connectivity index (χ1n) is 5.82. The highest BCUT2D eigenvalue weighted by Gasteiger charge is 2.13. The lowest BCUT2D eigenvalue weighted by Gasteiger charge is -2.11. The molecular weight excluding hydrogens is 478 g/mol. The minimum atomic E-state index is 0. The van der Waals surface area contributed by atoms with Gasteiger partial charge in [0.2, 0.25) is 0 Å². The summed E-state index contributed by atoms with van der Waals surface area (Å²) in [6.45, 7) is 4.30. The maximum atomic E-state index is 5.46. The number of thiazole rings is 1. The fourth-order valence-corrected chi connectivity index (χ4v) is 3.49. The third-order valence-corrected chi connectivity index (χ3v) is 4.58. The van der Waals surface area contributed by atoms with Gasteiger partial charge < -0.3 is 5.73 Å². The minimum Gasteiger partial charge on any atom is -0.330 e. The van der Waals surface area contributed by atoms with Crippen LogP contribution in [0.5, 0.6) is 0 Å². The van der Waals surface area contributed by atoms with E-state index in [4.69, 9.17) is 5.73 Å². The van der Waals surface area contributed by atoms with Gasteiger partial charge in [-0.15, -0.1) is 62.3 Å². The first-order valence-corrected chi connectivity index (χ1v) is 7.85. The molecule has 0 aliphatic carbocycles. The zero-order chi connectivity index (χ0) is 11.2. The minimum absolute atomic E-state index is 0. The quantitative estimate of drug-likeness (QED) is 0.606. The van der Waals surface area contributed by atoms with Gasteiger partial charge in [-0.2, -0.15) is 11.8 Å². The maximum Gasteiger partial charge on any atom is 0.107 e. The molecule has 3 nitrogen and oxygen atoms in total. The molecule has 0 unspecified atom stereocenters. The number of likely N-dealkylation sites (tertiary alicyclic amines) is 1. The fraction of sp³-hybridized carbons (Fsp3) is 0.727. The van der Waals surface area contributed by atoms with Crippen LogP contribution in [0.1, 0.15) is 23.5 Å². The molecule has 1 saturated heterocycles. The van der Waals surface area contributed by atoms with Gasteiger partial charge in [0, 0.05) is 23.4 Å². The van der Waals surface area contributed by atoms with Crippen molar-refractivity contribution in [2.45, 2.75) is 25.1 Å². The number of thioether (sulfide) groups is 1. The molecule has 8 heteroatoms. The van der Waals surface area contributed by atoms with Gasteiger partial charge in [0.15, 0.2) is 0 Å². The van der Waals surface area contributed by atoms with Crippen molar-refractivity contribution in [3.8, 4) is 0 Å². The average Bonchev–Trinajstić information content (AvgIpc) is 2.91. The predicted octanol–water partition coefficient (Wildman–Crippen LogP) is 3.66. The van der Waals surface area contributed by atoms with Gasteiger partial charge in [-0.05, 0) is 25.9 Å². The predicted molar refractivity (Wildman–Crippen MR) is 103 cm³/mol. The second kappa shape index (κ2) is 13.0. The molecule has 0 spiro atoms. The van der Waals surface area contributed by atoms with Crippen LogP contribution < -0.4 is 5.73 Å². The van der Waals surface area contributed by atoms with E-state index in [1.54, 1.807) is 11.3 Å². The highest BCUT2D eigenvalue weighted by molar-refractivity contribution is 8.93. The number of hydrogen-bond acceptors (Lipinski definition) is 5. The van der Waals surface area contributed by atoms with E-state index in [0.717, 1.165) is 24.6 Å². The van der Waals surface area contributed by atoms with Gasteiger partial charge in [-0.3, -0.25) is 4.90 Å². The van der Waals surface area contributed by atoms with Crippen molar-refractivity contribution in [3.63, 3.8) is 0 Å². The second-order valence-electron chi connectivity index (χ2n) is 4.06. The highest BCUT2D eigenvalue weighted by Crippen LogP contribution is 2.18. The average molecular weight is 500 g/mol. The molecule has 0 aromatic carbocycles. The molecule has 1 fully saturated rings. The standard InChI is InChI=1S/C11H19N3S2.3BrH/c12-3-6-15-8-10-9-16-11(13-10)7-14-4-1-2-5-14;;;/h9H,1-8,12H2;3*1H. The Balaban J connectivity index is 0. The molecular formula is C11H22Br3N3S2. The highest BCUT2D eigenvalue weighted by atomic mass is 79.9. The van der Waals surface area contributed by atoms with Crippen molar-refractivity contribution in [3.05, 3.63) is 16.1 Å². The van der Waals surface area contributed by atoms with E-state index in [-0.39, 0.29) is 50.9 Å². The van der Waals surface area contributed by atoms with Gasteiger partial charge in [-0.1, -0.05) is 0 Å². The van der Waals surface area contributed by atoms with Gasteiger partial charge in [-0.25, -0.2) is 4.98 Å². The Morgan fingerprint density at radius 2 is 1.95 bits per heavy atom. The molecule has 2 rings (SSSR count). The molecule has 1 aromatic heterocycles. The van der Waals surface area contributed by atoms with Gasteiger partial charge >= 0.3 is 0 Å². The number of rotatable bonds is 6. The van der Waals surface area contributed by atoms with Crippen LogP contribution in [0.15, 0.2) is 5.38 Å². The number of halogens is 3. The summed E-state index contributed by atoms with van der Waals surface area (Å²) in [5.74, 6) is 2.03. The first kappa shape index (κ1) is 22.6. The lowest BCUT2D eigenvalue weighted by Crippen LogP contribution is -2.18. The van der Waals surface area contributed by atoms with E-state index in [9.17, 15) is 0 Å². The number of hydrogen-bond donors (Lipinski definition) is 1. The van der Waals surface area contributed by atoms with E-state index in [1.165, 1.54) is 36.6 Å². The van der Waals surface area contributed by atoms with E-state index in [0.29, 0.717) is 0 Å². The van der Waals surface area contributed by atoms with Crippen LogP contribution in [0.4, 0.5) is 0 Å². The Morgan fingerprint density at radius 3 is 2.58 bits per heavy atom. The summed E-state index contributed by atoms with van der Waals surface area (Å²) in [5.41, 5.74) is 6.68. The van der Waals surface area contributed by atoms with Crippen LogP contribution >= 0.6 is 74.0 Å². The van der Waals surface area contributed by atoms with Crippen LogP contribution in [0.25, 0.3) is 0 Å². The SMILES string of the molecule is Br.Br.Br.NCCSCc1csc(CN2CCCC2)n1. The summed E-state index contributed by atoms with van der Waals surface area (Å²) < 4.78 is 0. The molecule has 0 bridgehead atoms. The van der Waals surface area contributed by atoms with E-state index in [1.807, 2.05) is 11.8 Å². The molecule has 2 N–H and O–H groups in total. The molecule has 1 aromatic rings. The van der Waals surface area contributed by atoms with Gasteiger partial charge in [0.1, 0.15) is 5.01 Å². The summed E-state index contributed by atoms with van der Waals surface area (Å²) in [4.78, 5) is 7.16. The fourth-order valence-electron chi connectivity index (χ4n) is 1.88. The third-order valence-electron chi connectivity index (χ3n) is 2.67. The zero-order valence-corrected chi connectivity index (χ0v) is 17.5. The van der Waals surface area contributed by atoms with Crippen molar-refractivity contribution < 1.29 is 0 Å². The van der Waals surface area contributed by atoms with Crippen LogP contribution in [-0.2, 0) is 12.3 Å². The number of nitrogens with zero attached hydrogens (tertiary/aromatic N) is 2. The normalized spacial score (nSPS) is 14.4. The molecule has 0 atom stereocenters. The summed E-state index contributed by atoms with van der Waals surface area (Å²) in [6, 6.07) is 0. The van der Waals surface area contributed by atoms with Crippen molar-refractivity contribution in [1.82, 2.24) is 9.88 Å². The van der Waals surface area contributed by atoms with Crippen molar-refractivity contribution in [2.24, 2.45) is 5.73 Å². The Morgan fingerprint density at radius 1 is 1.26 bits per heavy atom. The zero-order valence-electron chi connectivity index (χ0n) is 10.7. The lowest BCUT2D eigenvalue weighted by atomic mass is 10.4. The van der Waals surface area contributed by atoms with Gasteiger partial charge in [0.25, 0.3) is 0 Å². The summed E-state index contributed by atoms with van der Waals surface area (Å²) in [6.07, 6.45) is 2.70. The van der Waals surface area contributed by atoms with Crippen molar-refractivity contribution >= 4 is 74.0 Å². The van der Waals surface area contributed by atoms with Crippen LogP contribution in [0.2, 0.25) is 0 Å². The third kappa shape index (κ3) is 8.38. The van der Waals surface area contributed by atoms with Crippen LogP contribution in [0.3, 0.4) is 0 Å². The van der Waals surface area contributed by atoms with Crippen LogP contribution in [0, 0.1) is 0 Å². The van der Waals surface area contributed by atoms with E-state index >= 15 is 0 Å². The smallest absolute Gasteiger partial charge is 0.107 e. The Kier molecular flexibility index (Phi) is 15.5. The summed E-state index contributed by atoms with van der Waals surface area (Å²) >= 11 is 3.67. The van der Waals surface area contributed by atoms with E-state index in [2.05, 4.69) is 15.3 Å². The molecule has 0 amide bonds. The number of nitrogens with two attached hydrogens (primary N) is 1. The molecule has 2 heterocycles. The molecule has 114 valence electrons. The number of aromatic nitrogens is 1. The van der Waals surface area contributed by atoms with Crippen molar-refractivity contribution in [2.75, 3.05) is 25.4 Å². The Hall–Kier alpha value is 1.34. The maximum absolute atomic E-state index is 5.46. The molecule has 0 radical (unpaired) electrons. The molecule has 19 heavy (non-hydrogen) atoms. The van der Waals surface area contributed by atoms with Crippen LogP contribution in [-0.4, -0.2) is 35.3 Å². The molecule has 0 saturated carbocycles.